The number of amides is 3. The van der Waals surface area contributed by atoms with E-state index in [1.165, 1.54) is 12.6 Å². The van der Waals surface area contributed by atoms with Gasteiger partial charge in [-0.3, -0.25) is 19.3 Å². The fourth-order valence-corrected chi connectivity index (χ4v) is 3.70. The molecule has 25 heavy (non-hydrogen) atoms. The standard InChI is InChI=1S/C20H18N2O3/c1-12-5-3-6-13-7-4-10-22(17(12)13)18(23)14-8-9-15-16(11-14)20(25)21(2)19(15)24/h3,5-6,8-9,11H,4,7,10H2,1-2H3. The summed E-state index contributed by atoms with van der Waals surface area (Å²) in [6, 6.07) is 10.8. The van der Waals surface area contributed by atoms with Gasteiger partial charge in [0.2, 0.25) is 0 Å². The van der Waals surface area contributed by atoms with Gasteiger partial charge in [0.05, 0.1) is 16.8 Å². The molecule has 0 fully saturated rings. The van der Waals surface area contributed by atoms with Crippen LogP contribution in [0.4, 0.5) is 5.69 Å². The maximum Gasteiger partial charge on any atom is 0.261 e. The zero-order valence-electron chi connectivity index (χ0n) is 14.2. The van der Waals surface area contributed by atoms with Gasteiger partial charge in [-0.1, -0.05) is 18.2 Å². The molecule has 2 heterocycles. The molecule has 0 aliphatic carbocycles. The Labute approximate surface area is 145 Å². The van der Waals surface area contributed by atoms with Crippen LogP contribution < -0.4 is 4.90 Å². The van der Waals surface area contributed by atoms with E-state index in [0.29, 0.717) is 23.2 Å². The number of hydrogen-bond donors (Lipinski definition) is 0. The number of anilines is 1. The molecule has 2 aromatic carbocycles. The first-order valence-electron chi connectivity index (χ1n) is 8.36. The predicted molar refractivity (Wildman–Crippen MR) is 94.0 cm³/mol. The first-order valence-corrected chi connectivity index (χ1v) is 8.36. The first-order chi connectivity index (χ1) is 12.0. The second-order valence-electron chi connectivity index (χ2n) is 6.57. The molecule has 5 heteroatoms. The SMILES string of the molecule is Cc1cccc2c1N(C(=O)c1ccc3c(c1)C(=O)N(C)C3=O)CCC2. The number of carbonyl (C=O) groups is 3. The molecule has 0 saturated heterocycles. The van der Waals surface area contributed by atoms with Crippen molar-refractivity contribution in [3.05, 3.63) is 64.2 Å². The zero-order valence-corrected chi connectivity index (χ0v) is 14.2. The predicted octanol–water partition coefficient (Wildman–Crippen LogP) is 2.81. The molecule has 0 unspecified atom stereocenters. The fourth-order valence-electron chi connectivity index (χ4n) is 3.70. The van der Waals surface area contributed by atoms with E-state index < -0.39 is 0 Å². The second-order valence-corrected chi connectivity index (χ2v) is 6.57. The number of hydrogen-bond acceptors (Lipinski definition) is 3. The Morgan fingerprint density at radius 1 is 1.04 bits per heavy atom. The molecule has 0 N–H and O–H groups in total. The van der Waals surface area contributed by atoms with Gasteiger partial charge in [0, 0.05) is 19.2 Å². The number of carbonyl (C=O) groups excluding carboxylic acids is 3. The van der Waals surface area contributed by atoms with Crippen molar-refractivity contribution in [2.45, 2.75) is 19.8 Å². The van der Waals surface area contributed by atoms with Gasteiger partial charge in [0.1, 0.15) is 0 Å². The average molecular weight is 334 g/mol. The molecule has 4 rings (SSSR count). The van der Waals surface area contributed by atoms with Crippen molar-refractivity contribution in [2.75, 3.05) is 18.5 Å². The highest BCUT2D eigenvalue weighted by molar-refractivity contribution is 6.22. The molecule has 2 aromatic rings. The Morgan fingerprint density at radius 3 is 2.60 bits per heavy atom. The van der Waals surface area contributed by atoms with Gasteiger partial charge in [-0.25, -0.2) is 0 Å². The number of rotatable bonds is 1. The minimum absolute atomic E-state index is 0.132. The van der Waals surface area contributed by atoms with E-state index in [4.69, 9.17) is 0 Å². The van der Waals surface area contributed by atoms with E-state index in [0.717, 1.165) is 29.0 Å². The molecule has 0 aromatic heterocycles. The summed E-state index contributed by atoms with van der Waals surface area (Å²) in [4.78, 5) is 40.2. The van der Waals surface area contributed by atoms with Crippen molar-refractivity contribution < 1.29 is 14.4 Å². The summed E-state index contributed by atoms with van der Waals surface area (Å²) in [6.07, 6.45) is 1.87. The lowest BCUT2D eigenvalue weighted by Gasteiger charge is -2.31. The van der Waals surface area contributed by atoms with Crippen LogP contribution in [0.2, 0.25) is 0 Å². The second kappa shape index (κ2) is 5.55. The van der Waals surface area contributed by atoms with Crippen LogP contribution in [-0.4, -0.2) is 36.2 Å². The lowest BCUT2D eigenvalue weighted by Crippen LogP contribution is -2.36. The normalized spacial score (nSPS) is 16.1. The Balaban J connectivity index is 1.75. The summed E-state index contributed by atoms with van der Waals surface area (Å²) in [5.41, 5.74) is 4.31. The van der Waals surface area contributed by atoms with Crippen LogP contribution >= 0.6 is 0 Å². The van der Waals surface area contributed by atoms with Gasteiger partial charge in [0.25, 0.3) is 17.7 Å². The Kier molecular flexibility index (Phi) is 3.46. The molecule has 0 saturated carbocycles. The largest absolute Gasteiger partial charge is 0.308 e. The highest BCUT2D eigenvalue weighted by Crippen LogP contribution is 2.32. The van der Waals surface area contributed by atoms with Gasteiger partial charge in [0.15, 0.2) is 0 Å². The number of aryl methyl sites for hydroxylation is 2. The summed E-state index contributed by atoms with van der Waals surface area (Å²) >= 11 is 0. The molecular formula is C20H18N2O3. The number of fused-ring (bicyclic) bond motifs is 2. The third-order valence-corrected chi connectivity index (χ3v) is 5.00. The number of para-hydroxylation sites is 1. The van der Waals surface area contributed by atoms with Gasteiger partial charge in [-0.15, -0.1) is 0 Å². The molecule has 0 spiro atoms. The molecule has 0 atom stereocenters. The van der Waals surface area contributed by atoms with Crippen LogP contribution in [0.25, 0.3) is 0 Å². The highest BCUT2D eigenvalue weighted by Gasteiger charge is 2.34. The lowest BCUT2D eigenvalue weighted by atomic mass is 9.97. The van der Waals surface area contributed by atoms with Crippen LogP contribution in [0.3, 0.4) is 0 Å². The number of imide groups is 1. The summed E-state index contributed by atoms with van der Waals surface area (Å²) in [6.45, 7) is 2.66. The summed E-state index contributed by atoms with van der Waals surface area (Å²) < 4.78 is 0. The van der Waals surface area contributed by atoms with E-state index in [1.807, 2.05) is 19.1 Å². The van der Waals surface area contributed by atoms with E-state index in [1.54, 1.807) is 23.1 Å². The van der Waals surface area contributed by atoms with Crippen molar-refractivity contribution in [2.24, 2.45) is 0 Å². The lowest BCUT2D eigenvalue weighted by molar-refractivity contribution is 0.0693. The third-order valence-electron chi connectivity index (χ3n) is 5.00. The molecule has 2 aliphatic rings. The Morgan fingerprint density at radius 2 is 1.80 bits per heavy atom. The number of nitrogens with zero attached hydrogens (tertiary/aromatic N) is 2. The van der Waals surface area contributed by atoms with E-state index in [2.05, 4.69) is 6.07 Å². The monoisotopic (exact) mass is 334 g/mol. The molecular weight excluding hydrogens is 316 g/mol. The summed E-state index contributed by atoms with van der Waals surface area (Å²) in [5.74, 6) is -0.809. The van der Waals surface area contributed by atoms with Crippen molar-refractivity contribution in [3.8, 4) is 0 Å². The van der Waals surface area contributed by atoms with Gasteiger partial charge in [-0.05, 0) is 49.1 Å². The van der Waals surface area contributed by atoms with Crippen LogP contribution in [0, 0.1) is 6.92 Å². The van der Waals surface area contributed by atoms with Gasteiger partial charge >= 0.3 is 0 Å². The Hall–Kier alpha value is -2.95. The van der Waals surface area contributed by atoms with Gasteiger partial charge in [-0.2, -0.15) is 0 Å². The first kappa shape index (κ1) is 15.6. The van der Waals surface area contributed by atoms with Crippen LogP contribution in [0.5, 0.6) is 0 Å². The molecule has 3 amide bonds. The van der Waals surface area contributed by atoms with Crippen molar-refractivity contribution in [1.82, 2.24) is 4.90 Å². The third kappa shape index (κ3) is 2.27. The Bertz CT molecular complexity index is 933. The van der Waals surface area contributed by atoms with Crippen LogP contribution in [-0.2, 0) is 6.42 Å². The zero-order chi connectivity index (χ0) is 17.7. The smallest absolute Gasteiger partial charge is 0.261 e. The fraction of sp³-hybridized carbons (Fsp3) is 0.250. The quantitative estimate of drug-likeness (QED) is 0.754. The van der Waals surface area contributed by atoms with E-state index in [9.17, 15) is 14.4 Å². The highest BCUT2D eigenvalue weighted by atomic mass is 16.2. The average Bonchev–Trinajstić information content (AvgIpc) is 2.85. The summed E-state index contributed by atoms with van der Waals surface area (Å²) in [5, 5.41) is 0. The molecule has 5 nitrogen and oxygen atoms in total. The molecule has 126 valence electrons. The van der Waals surface area contributed by atoms with Crippen LogP contribution in [0.1, 0.15) is 48.6 Å². The number of benzene rings is 2. The minimum Gasteiger partial charge on any atom is -0.308 e. The maximum absolute atomic E-state index is 13.1. The van der Waals surface area contributed by atoms with Gasteiger partial charge < -0.3 is 4.90 Å². The van der Waals surface area contributed by atoms with Crippen LogP contribution in [0.15, 0.2) is 36.4 Å². The molecule has 2 aliphatic heterocycles. The summed E-state index contributed by atoms with van der Waals surface area (Å²) in [7, 11) is 1.45. The minimum atomic E-state index is -0.357. The van der Waals surface area contributed by atoms with E-state index >= 15 is 0 Å². The molecule has 0 radical (unpaired) electrons. The maximum atomic E-state index is 13.1. The van der Waals surface area contributed by atoms with Crippen molar-refractivity contribution in [3.63, 3.8) is 0 Å². The van der Waals surface area contributed by atoms with Crippen molar-refractivity contribution in [1.29, 1.82) is 0 Å². The van der Waals surface area contributed by atoms with E-state index in [-0.39, 0.29) is 17.7 Å². The topological polar surface area (TPSA) is 57.7 Å². The molecule has 0 bridgehead atoms. The van der Waals surface area contributed by atoms with Crippen molar-refractivity contribution >= 4 is 23.4 Å².